The van der Waals surface area contributed by atoms with Crippen molar-refractivity contribution in [3.63, 3.8) is 0 Å². The summed E-state index contributed by atoms with van der Waals surface area (Å²) in [6.07, 6.45) is 1.77. The van der Waals surface area contributed by atoms with Gasteiger partial charge >= 0.3 is 0 Å². The van der Waals surface area contributed by atoms with Crippen LogP contribution in [0.25, 0.3) is 0 Å². The second-order valence-electron chi connectivity index (χ2n) is 7.42. The summed E-state index contributed by atoms with van der Waals surface area (Å²) < 4.78 is 26.9. The van der Waals surface area contributed by atoms with E-state index in [4.69, 9.17) is 0 Å². The van der Waals surface area contributed by atoms with Crippen LogP contribution in [0.5, 0.6) is 0 Å². The van der Waals surface area contributed by atoms with Crippen LogP contribution in [0.3, 0.4) is 0 Å². The highest BCUT2D eigenvalue weighted by molar-refractivity contribution is 7.92. The fraction of sp³-hybridized carbons (Fsp3) is 0.381. The number of rotatable bonds is 4. The minimum Gasteiger partial charge on any atom is -0.309 e. The van der Waals surface area contributed by atoms with Gasteiger partial charge in [0.05, 0.1) is 18.0 Å². The van der Waals surface area contributed by atoms with Gasteiger partial charge in [-0.05, 0) is 37.1 Å². The summed E-state index contributed by atoms with van der Waals surface area (Å²) in [7, 11) is -3.51. The minimum absolute atomic E-state index is 0.0546. The fourth-order valence-corrected chi connectivity index (χ4v) is 4.96. The minimum atomic E-state index is -3.51. The topological polar surface area (TPSA) is 57.7 Å². The van der Waals surface area contributed by atoms with Gasteiger partial charge in [-0.3, -0.25) is 9.10 Å². The number of sulfonamides is 1. The molecule has 1 aliphatic rings. The molecule has 6 heteroatoms. The number of anilines is 2. The standard InChI is InChI=1S/C21H26N2O3S/c1-15(2)21(24)22-16(3)14-20(18-12-8-9-13-19(18)22)23(27(4,25)26)17-10-6-5-7-11-17/h5-13,15-16,20H,14H2,1-4H3/t16-,20+/m1/s1. The zero-order valence-electron chi connectivity index (χ0n) is 16.2. The van der Waals surface area contributed by atoms with Crippen molar-refractivity contribution in [2.45, 2.75) is 39.3 Å². The van der Waals surface area contributed by atoms with Gasteiger partial charge in [-0.25, -0.2) is 8.42 Å². The van der Waals surface area contributed by atoms with Crippen LogP contribution in [-0.2, 0) is 14.8 Å². The van der Waals surface area contributed by atoms with Gasteiger partial charge in [0.2, 0.25) is 15.9 Å². The first-order chi connectivity index (χ1) is 12.7. The smallest absolute Gasteiger partial charge is 0.232 e. The molecular formula is C21H26N2O3S. The Kier molecular flexibility index (Phi) is 5.29. The number of benzene rings is 2. The fourth-order valence-electron chi connectivity index (χ4n) is 3.80. The van der Waals surface area contributed by atoms with E-state index in [1.165, 1.54) is 10.6 Å². The molecule has 0 aliphatic carbocycles. The first kappa shape index (κ1) is 19.4. The zero-order chi connectivity index (χ0) is 19.8. The average Bonchev–Trinajstić information content (AvgIpc) is 2.61. The van der Waals surface area contributed by atoms with Crippen molar-refractivity contribution in [3.8, 4) is 0 Å². The van der Waals surface area contributed by atoms with Gasteiger partial charge in [0, 0.05) is 17.6 Å². The molecule has 2 aromatic rings. The van der Waals surface area contributed by atoms with Crippen LogP contribution < -0.4 is 9.21 Å². The summed E-state index contributed by atoms with van der Waals surface area (Å²) in [4.78, 5) is 14.6. The van der Waals surface area contributed by atoms with E-state index in [-0.39, 0.29) is 23.9 Å². The molecule has 27 heavy (non-hydrogen) atoms. The van der Waals surface area contributed by atoms with Crippen molar-refractivity contribution in [1.82, 2.24) is 0 Å². The molecule has 0 unspecified atom stereocenters. The maximum Gasteiger partial charge on any atom is 0.232 e. The van der Waals surface area contributed by atoms with E-state index >= 15 is 0 Å². The van der Waals surface area contributed by atoms with E-state index in [1.807, 2.05) is 68.1 Å². The molecular weight excluding hydrogens is 360 g/mol. The largest absolute Gasteiger partial charge is 0.309 e. The molecule has 3 rings (SSSR count). The van der Waals surface area contributed by atoms with Crippen LogP contribution in [0.4, 0.5) is 11.4 Å². The SMILES string of the molecule is CC(C)C(=O)N1c2ccccc2[C@@H](N(c2ccccc2)S(C)(=O)=O)C[C@H]1C. The summed E-state index contributed by atoms with van der Waals surface area (Å²) >= 11 is 0. The lowest BCUT2D eigenvalue weighted by molar-refractivity contribution is -0.122. The Morgan fingerprint density at radius 2 is 1.67 bits per heavy atom. The molecule has 144 valence electrons. The lowest BCUT2D eigenvalue weighted by Gasteiger charge is -2.43. The van der Waals surface area contributed by atoms with Gasteiger partial charge in [0.15, 0.2) is 0 Å². The van der Waals surface area contributed by atoms with Crippen LogP contribution in [0.2, 0.25) is 0 Å². The van der Waals surface area contributed by atoms with Gasteiger partial charge in [-0.1, -0.05) is 50.2 Å². The van der Waals surface area contributed by atoms with E-state index in [0.717, 1.165) is 11.3 Å². The van der Waals surface area contributed by atoms with E-state index in [0.29, 0.717) is 12.1 Å². The Hall–Kier alpha value is -2.34. The van der Waals surface area contributed by atoms with Gasteiger partial charge in [0.1, 0.15) is 0 Å². The molecule has 0 radical (unpaired) electrons. The summed E-state index contributed by atoms with van der Waals surface area (Å²) in [5.74, 6) is -0.0730. The number of hydrogen-bond donors (Lipinski definition) is 0. The number of fused-ring (bicyclic) bond motifs is 1. The van der Waals surface area contributed by atoms with Gasteiger partial charge in [-0.15, -0.1) is 0 Å². The third-order valence-corrected chi connectivity index (χ3v) is 6.12. The van der Waals surface area contributed by atoms with Gasteiger partial charge in [0.25, 0.3) is 0 Å². The Labute approximate surface area is 161 Å². The quantitative estimate of drug-likeness (QED) is 0.799. The van der Waals surface area contributed by atoms with Crippen LogP contribution >= 0.6 is 0 Å². The van der Waals surface area contributed by atoms with E-state index < -0.39 is 10.0 Å². The Morgan fingerprint density at radius 3 is 2.26 bits per heavy atom. The normalized spacial score (nSPS) is 19.7. The molecule has 5 nitrogen and oxygen atoms in total. The molecule has 1 amide bonds. The molecule has 1 heterocycles. The van der Waals surface area contributed by atoms with Crippen molar-refractivity contribution in [2.75, 3.05) is 15.5 Å². The maximum atomic E-state index is 12.8. The highest BCUT2D eigenvalue weighted by Crippen LogP contribution is 2.43. The van der Waals surface area contributed by atoms with Crippen molar-refractivity contribution in [3.05, 3.63) is 60.2 Å². The lowest BCUT2D eigenvalue weighted by atomic mass is 9.90. The molecule has 0 saturated carbocycles. The molecule has 0 fully saturated rings. The van der Waals surface area contributed by atoms with Crippen molar-refractivity contribution in [2.24, 2.45) is 5.92 Å². The van der Waals surface area contributed by atoms with Crippen LogP contribution in [0.1, 0.15) is 38.8 Å². The number of para-hydroxylation sites is 2. The van der Waals surface area contributed by atoms with Gasteiger partial charge < -0.3 is 4.90 Å². The zero-order valence-corrected chi connectivity index (χ0v) is 17.0. The van der Waals surface area contributed by atoms with Crippen molar-refractivity contribution < 1.29 is 13.2 Å². The first-order valence-electron chi connectivity index (χ1n) is 9.18. The molecule has 0 spiro atoms. The third-order valence-electron chi connectivity index (χ3n) is 4.94. The number of carbonyl (C=O) groups is 1. The summed E-state index contributed by atoms with van der Waals surface area (Å²) in [6, 6.07) is 16.3. The van der Waals surface area contributed by atoms with Crippen molar-refractivity contribution in [1.29, 1.82) is 0 Å². The van der Waals surface area contributed by atoms with E-state index in [2.05, 4.69) is 0 Å². The monoisotopic (exact) mass is 386 g/mol. The third kappa shape index (κ3) is 3.72. The maximum absolute atomic E-state index is 12.8. The first-order valence-corrected chi connectivity index (χ1v) is 11.0. The summed E-state index contributed by atoms with van der Waals surface area (Å²) in [5, 5.41) is 0. The molecule has 0 aromatic heterocycles. The van der Waals surface area contributed by atoms with E-state index in [9.17, 15) is 13.2 Å². The average molecular weight is 387 g/mol. The molecule has 1 aliphatic heterocycles. The second-order valence-corrected chi connectivity index (χ2v) is 9.28. The number of carbonyl (C=O) groups excluding carboxylic acids is 1. The number of nitrogens with zero attached hydrogens (tertiary/aromatic N) is 2. The Balaban J connectivity index is 2.16. The molecule has 0 saturated heterocycles. The predicted molar refractivity (Wildman–Crippen MR) is 109 cm³/mol. The molecule has 2 atom stereocenters. The van der Waals surface area contributed by atoms with Gasteiger partial charge in [-0.2, -0.15) is 0 Å². The number of amides is 1. The Morgan fingerprint density at radius 1 is 1.07 bits per heavy atom. The highest BCUT2D eigenvalue weighted by Gasteiger charge is 2.39. The second kappa shape index (κ2) is 7.35. The lowest BCUT2D eigenvalue weighted by Crippen LogP contribution is -2.48. The number of hydrogen-bond acceptors (Lipinski definition) is 3. The van der Waals surface area contributed by atoms with Crippen LogP contribution in [0.15, 0.2) is 54.6 Å². The molecule has 0 N–H and O–H groups in total. The van der Waals surface area contributed by atoms with Crippen molar-refractivity contribution >= 4 is 27.3 Å². The summed E-state index contributed by atoms with van der Waals surface area (Å²) in [6.45, 7) is 5.75. The molecule has 2 aromatic carbocycles. The van der Waals surface area contributed by atoms with Crippen LogP contribution in [-0.4, -0.2) is 26.6 Å². The van der Waals surface area contributed by atoms with Crippen LogP contribution in [0, 0.1) is 5.92 Å². The Bertz CT molecular complexity index is 925. The highest BCUT2D eigenvalue weighted by atomic mass is 32.2. The molecule has 0 bridgehead atoms. The van der Waals surface area contributed by atoms with E-state index in [1.54, 1.807) is 12.1 Å². The predicted octanol–water partition coefficient (Wildman–Crippen LogP) is 3.98. The summed E-state index contributed by atoms with van der Waals surface area (Å²) in [5.41, 5.74) is 2.29.